The number of rotatable bonds is 6. The highest BCUT2D eigenvalue weighted by Gasteiger charge is 2.20. The highest BCUT2D eigenvalue weighted by atomic mass is 79.9. The van der Waals surface area contributed by atoms with Crippen molar-refractivity contribution in [3.8, 4) is 0 Å². The van der Waals surface area contributed by atoms with Crippen LogP contribution >= 0.6 is 15.9 Å². The fraction of sp³-hybridized carbons (Fsp3) is 0.176. The maximum absolute atomic E-state index is 12.6. The van der Waals surface area contributed by atoms with Crippen LogP contribution in [0.2, 0.25) is 0 Å². The van der Waals surface area contributed by atoms with E-state index in [1.54, 1.807) is 13.8 Å². The molecule has 0 radical (unpaired) electrons. The van der Waals surface area contributed by atoms with Gasteiger partial charge in [0, 0.05) is 10.2 Å². The molecule has 0 amide bonds. The molecule has 7 nitrogen and oxygen atoms in total. The molecule has 0 spiro atoms. The van der Waals surface area contributed by atoms with Crippen molar-refractivity contribution in [2.75, 3.05) is 11.3 Å². The van der Waals surface area contributed by atoms with E-state index in [9.17, 15) is 18.0 Å². The van der Waals surface area contributed by atoms with Gasteiger partial charge in [-0.25, -0.2) is 18.0 Å². The summed E-state index contributed by atoms with van der Waals surface area (Å²) in [7, 11) is -4.00. The number of esters is 1. The van der Waals surface area contributed by atoms with Crippen molar-refractivity contribution in [3.63, 3.8) is 0 Å². The third kappa shape index (κ3) is 4.41. The molecular formula is C17H16BrNO6S. The second-order valence-corrected chi connectivity index (χ2v) is 7.81. The van der Waals surface area contributed by atoms with E-state index in [0.717, 1.165) is 0 Å². The predicted molar refractivity (Wildman–Crippen MR) is 99.0 cm³/mol. The van der Waals surface area contributed by atoms with Crippen LogP contribution in [0.25, 0.3) is 0 Å². The lowest BCUT2D eigenvalue weighted by molar-refractivity contribution is 0.0525. The number of benzene rings is 2. The molecule has 9 heteroatoms. The summed E-state index contributed by atoms with van der Waals surface area (Å²) in [5, 5.41) is 9.15. The number of carboxylic acid groups (broad SMARTS) is 1. The van der Waals surface area contributed by atoms with Crippen molar-refractivity contribution in [1.82, 2.24) is 0 Å². The molecule has 2 N–H and O–H groups in total. The molecule has 0 heterocycles. The Bertz CT molecular complexity index is 971. The zero-order chi connectivity index (χ0) is 19.5. The smallest absolute Gasteiger partial charge is 0.338 e. The van der Waals surface area contributed by atoms with Crippen LogP contribution in [0.1, 0.15) is 33.2 Å². The number of carbonyl (C=O) groups excluding carboxylic acids is 1. The van der Waals surface area contributed by atoms with Crippen molar-refractivity contribution in [2.45, 2.75) is 18.7 Å². The summed E-state index contributed by atoms with van der Waals surface area (Å²) in [6, 6.07) is 8.20. The predicted octanol–water partition coefficient (Wildman–Crippen LogP) is 3.43. The van der Waals surface area contributed by atoms with Crippen LogP contribution < -0.4 is 4.72 Å². The molecule has 0 unspecified atom stereocenters. The van der Waals surface area contributed by atoms with Crippen molar-refractivity contribution in [1.29, 1.82) is 0 Å². The van der Waals surface area contributed by atoms with Gasteiger partial charge in [0.25, 0.3) is 10.0 Å². The maximum atomic E-state index is 12.6. The minimum Gasteiger partial charge on any atom is -0.478 e. The molecule has 0 aliphatic carbocycles. The molecule has 2 rings (SSSR count). The molecule has 0 saturated carbocycles. The number of ether oxygens (including phenoxy) is 1. The van der Waals surface area contributed by atoms with Crippen LogP contribution in [-0.2, 0) is 14.8 Å². The largest absolute Gasteiger partial charge is 0.478 e. The summed E-state index contributed by atoms with van der Waals surface area (Å²) in [5.41, 5.74) is 0.845. The van der Waals surface area contributed by atoms with E-state index < -0.39 is 22.0 Å². The molecule has 138 valence electrons. The van der Waals surface area contributed by atoms with Gasteiger partial charge in [0.05, 0.1) is 17.7 Å². The minimum atomic E-state index is -4.00. The quantitative estimate of drug-likeness (QED) is 0.664. The standard InChI is InChI=1S/C17H16BrNO6S/c1-3-25-17(22)11-5-7-15(14(18)8-11)26(23,24)19-12-6-4-10(2)13(9-12)16(20)21/h4-9,19H,3H2,1-2H3,(H,20,21). The Labute approximate surface area is 159 Å². The molecule has 0 aliphatic rings. The molecule has 0 fully saturated rings. The number of carboxylic acids is 1. The fourth-order valence-electron chi connectivity index (χ4n) is 2.19. The number of aryl methyl sites for hydroxylation is 1. The fourth-order valence-corrected chi connectivity index (χ4v) is 4.31. The lowest BCUT2D eigenvalue weighted by Crippen LogP contribution is -2.15. The number of nitrogens with one attached hydrogen (secondary N) is 1. The SMILES string of the molecule is CCOC(=O)c1ccc(S(=O)(=O)Nc2ccc(C)c(C(=O)O)c2)c(Br)c1. The molecule has 0 atom stereocenters. The van der Waals surface area contributed by atoms with E-state index in [2.05, 4.69) is 20.7 Å². The van der Waals surface area contributed by atoms with Crippen molar-refractivity contribution in [3.05, 3.63) is 57.6 Å². The van der Waals surface area contributed by atoms with Gasteiger partial charge in [-0.05, 0) is 65.7 Å². The second-order valence-electron chi connectivity index (χ2n) is 5.31. The molecule has 26 heavy (non-hydrogen) atoms. The molecule has 0 bridgehead atoms. The van der Waals surface area contributed by atoms with E-state index in [1.807, 2.05) is 0 Å². The van der Waals surface area contributed by atoms with Gasteiger partial charge < -0.3 is 9.84 Å². The van der Waals surface area contributed by atoms with E-state index >= 15 is 0 Å². The van der Waals surface area contributed by atoms with Crippen molar-refractivity contribution < 1.29 is 27.9 Å². The van der Waals surface area contributed by atoms with Crippen LogP contribution in [-0.4, -0.2) is 32.1 Å². The zero-order valence-electron chi connectivity index (χ0n) is 13.9. The van der Waals surface area contributed by atoms with Crippen LogP contribution in [0.4, 0.5) is 5.69 Å². The topological polar surface area (TPSA) is 110 Å². The van der Waals surface area contributed by atoms with Gasteiger partial charge >= 0.3 is 11.9 Å². The number of aromatic carboxylic acids is 1. The Morgan fingerprint density at radius 2 is 1.88 bits per heavy atom. The summed E-state index contributed by atoms with van der Waals surface area (Å²) in [6.45, 7) is 3.49. The van der Waals surface area contributed by atoms with Crippen LogP contribution in [0.15, 0.2) is 45.8 Å². The zero-order valence-corrected chi connectivity index (χ0v) is 16.3. The van der Waals surface area contributed by atoms with Gasteiger partial charge in [-0.3, -0.25) is 4.72 Å². The normalized spacial score (nSPS) is 11.0. The number of sulfonamides is 1. The van der Waals surface area contributed by atoms with Crippen LogP contribution in [0.3, 0.4) is 0 Å². The summed E-state index contributed by atoms with van der Waals surface area (Å²) >= 11 is 3.14. The van der Waals surface area contributed by atoms with Gasteiger partial charge in [-0.2, -0.15) is 0 Å². The average molecular weight is 442 g/mol. The van der Waals surface area contributed by atoms with E-state index in [0.29, 0.717) is 5.56 Å². The molecule has 0 aromatic heterocycles. The second kappa shape index (κ2) is 7.88. The summed E-state index contributed by atoms with van der Waals surface area (Å²) in [5.74, 6) is -1.71. The van der Waals surface area contributed by atoms with Gasteiger partial charge in [0.1, 0.15) is 4.90 Å². The monoisotopic (exact) mass is 441 g/mol. The lowest BCUT2D eigenvalue weighted by atomic mass is 10.1. The van der Waals surface area contributed by atoms with Crippen LogP contribution in [0.5, 0.6) is 0 Å². The van der Waals surface area contributed by atoms with Gasteiger partial charge in [-0.15, -0.1) is 0 Å². The average Bonchev–Trinajstić information content (AvgIpc) is 2.56. The summed E-state index contributed by atoms with van der Waals surface area (Å²) < 4.78 is 32.6. The molecule has 2 aromatic carbocycles. The van der Waals surface area contributed by atoms with E-state index in [-0.39, 0.29) is 32.8 Å². The number of halogens is 1. The first-order chi connectivity index (χ1) is 12.2. The number of carbonyl (C=O) groups is 2. The number of hydrogen-bond donors (Lipinski definition) is 2. The highest BCUT2D eigenvalue weighted by molar-refractivity contribution is 9.10. The minimum absolute atomic E-state index is 0.00178. The van der Waals surface area contributed by atoms with Gasteiger partial charge in [-0.1, -0.05) is 6.07 Å². The molecule has 0 saturated heterocycles. The first kappa shape index (κ1) is 19.9. The molecule has 0 aliphatic heterocycles. The maximum Gasteiger partial charge on any atom is 0.338 e. The first-order valence-corrected chi connectivity index (χ1v) is 9.76. The van der Waals surface area contributed by atoms with E-state index in [4.69, 9.17) is 9.84 Å². The highest BCUT2D eigenvalue weighted by Crippen LogP contribution is 2.26. The molecule has 2 aromatic rings. The summed E-state index contributed by atoms with van der Waals surface area (Å²) in [6.07, 6.45) is 0. The third-order valence-electron chi connectivity index (χ3n) is 3.45. The van der Waals surface area contributed by atoms with Crippen LogP contribution in [0, 0.1) is 6.92 Å². The Kier molecular flexibility index (Phi) is 6.04. The van der Waals surface area contributed by atoms with Crippen molar-refractivity contribution >= 4 is 43.6 Å². The number of hydrogen-bond acceptors (Lipinski definition) is 5. The number of anilines is 1. The van der Waals surface area contributed by atoms with Gasteiger partial charge in [0.2, 0.25) is 0 Å². The Balaban J connectivity index is 2.35. The Morgan fingerprint density at radius 3 is 2.46 bits per heavy atom. The first-order valence-electron chi connectivity index (χ1n) is 7.49. The molecular weight excluding hydrogens is 426 g/mol. The van der Waals surface area contributed by atoms with Crippen molar-refractivity contribution in [2.24, 2.45) is 0 Å². The Hall–Kier alpha value is -2.39. The lowest BCUT2D eigenvalue weighted by Gasteiger charge is -2.12. The summed E-state index contributed by atoms with van der Waals surface area (Å²) in [4.78, 5) is 22.8. The third-order valence-corrected chi connectivity index (χ3v) is 5.81. The Morgan fingerprint density at radius 1 is 1.19 bits per heavy atom. The van der Waals surface area contributed by atoms with E-state index in [1.165, 1.54) is 36.4 Å². The van der Waals surface area contributed by atoms with Gasteiger partial charge in [0.15, 0.2) is 0 Å².